The van der Waals surface area contributed by atoms with Crippen molar-refractivity contribution in [2.45, 2.75) is 58.9 Å². The van der Waals surface area contributed by atoms with E-state index in [-0.39, 0.29) is 0 Å². The smallest absolute Gasteiger partial charge is 0.190 e. The van der Waals surface area contributed by atoms with E-state index in [1.54, 1.807) is 0 Å². The minimum absolute atomic E-state index is 0.475. The van der Waals surface area contributed by atoms with Crippen molar-refractivity contribution in [3.63, 3.8) is 0 Å². The summed E-state index contributed by atoms with van der Waals surface area (Å²) >= 11 is 0. The first-order valence-electron chi connectivity index (χ1n) is 9.04. The van der Waals surface area contributed by atoms with Crippen molar-refractivity contribution in [3.8, 4) is 0 Å². The van der Waals surface area contributed by atoms with Gasteiger partial charge in [-0.05, 0) is 37.0 Å². The van der Waals surface area contributed by atoms with Crippen molar-refractivity contribution in [2.24, 2.45) is 16.3 Å². The van der Waals surface area contributed by atoms with Crippen LogP contribution in [0.5, 0.6) is 0 Å². The van der Waals surface area contributed by atoms with Crippen LogP contribution in [0.3, 0.4) is 0 Å². The predicted molar refractivity (Wildman–Crippen MR) is 96.6 cm³/mol. The van der Waals surface area contributed by atoms with E-state index in [1.807, 2.05) is 25.8 Å². The summed E-state index contributed by atoms with van der Waals surface area (Å²) < 4.78 is 2.11. The van der Waals surface area contributed by atoms with Gasteiger partial charge in [-0.25, -0.2) is 4.98 Å². The minimum atomic E-state index is 0.475. The molecular formula is C18H33N5. The van der Waals surface area contributed by atoms with Crippen molar-refractivity contribution >= 4 is 5.96 Å². The van der Waals surface area contributed by atoms with Crippen LogP contribution in [0.2, 0.25) is 0 Å². The molecule has 0 unspecified atom stereocenters. The Hall–Kier alpha value is -1.52. The van der Waals surface area contributed by atoms with Crippen LogP contribution in [0.15, 0.2) is 23.7 Å². The van der Waals surface area contributed by atoms with E-state index >= 15 is 0 Å². The summed E-state index contributed by atoms with van der Waals surface area (Å²) in [7, 11) is 1.86. The summed E-state index contributed by atoms with van der Waals surface area (Å²) in [4.78, 5) is 8.43. The molecule has 1 saturated carbocycles. The van der Waals surface area contributed by atoms with E-state index in [0.717, 1.165) is 37.9 Å². The normalized spacial score (nSPS) is 17.7. The van der Waals surface area contributed by atoms with Crippen molar-refractivity contribution in [1.29, 1.82) is 0 Å². The molecule has 130 valence electrons. The van der Waals surface area contributed by atoms with Crippen LogP contribution in [-0.4, -0.2) is 35.6 Å². The fraction of sp³-hybridized carbons (Fsp3) is 0.778. The number of guanidine groups is 1. The van der Waals surface area contributed by atoms with Gasteiger partial charge in [0.1, 0.15) is 0 Å². The number of nitrogens with zero attached hydrogens (tertiary/aromatic N) is 3. The number of nitrogens with one attached hydrogen (secondary N) is 2. The molecule has 1 fully saturated rings. The van der Waals surface area contributed by atoms with Gasteiger partial charge in [0.2, 0.25) is 0 Å². The Morgan fingerprint density at radius 2 is 2.09 bits per heavy atom. The first kappa shape index (κ1) is 17.8. The van der Waals surface area contributed by atoms with E-state index in [4.69, 9.17) is 0 Å². The molecule has 0 saturated heterocycles. The van der Waals surface area contributed by atoms with E-state index in [9.17, 15) is 0 Å². The van der Waals surface area contributed by atoms with Crippen molar-refractivity contribution in [2.75, 3.05) is 20.1 Å². The highest BCUT2D eigenvalue weighted by Gasteiger charge is 2.34. The zero-order valence-electron chi connectivity index (χ0n) is 15.0. The van der Waals surface area contributed by atoms with E-state index in [0.29, 0.717) is 5.41 Å². The number of rotatable bonds is 8. The third-order valence-corrected chi connectivity index (χ3v) is 4.80. The lowest BCUT2D eigenvalue weighted by Gasteiger charge is -2.32. The third-order valence-electron chi connectivity index (χ3n) is 4.80. The monoisotopic (exact) mass is 319 g/mol. The maximum absolute atomic E-state index is 4.37. The molecule has 0 spiro atoms. The Kier molecular flexibility index (Phi) is 6.93. The lowest BCUT2D eigenvalue weighted by molar-refractivity contribution is 0.235. The molecule has 23 heavy (non-hydrogen) atoms. The molecule has 5 heteroatoms. The molecule has 1 aromatic heterocycles. The maximum Gasteiger partial charge on any atom is 0.190 e. The molecular weight excluding hydrogens is 286 g/mol. The second-order valence-corrected chi connectivity index (χ2v) is 7.31. The Morgan fingerprint density at radius 1 is 1.30 bits per heavy atom. The molecule has 0 aromatic carbocycles. The molecule has 2 N–H and O–H groups in total. The largest absolute Gasteiger partial charge is 0.356 e. The second-order valence-electron chi connectivity index (χ2n) is 7.31. The zero-order chi connectivity index (χ0) is 16.5. The summed E-state index contributed by atoms with van der Waals surface area (Å²) in [6, 6.07) is 0. The van der Waals surface area contributed by atoms with Gasteiger partial charge in [-0.15, -0.1) is 0 Å². The summed E-state index contributed by atoms with van der Waals surface area (Å²) in [6.07, 6.45) is 13.5. The fourth-order valence-corrected chi connectivity index (χ4v) is 3.82. The molecule has 1 aliphatic carbocycles. The van der Waals surface area contributed by atoms with Crippen LogP contribution in [0.4, 0.5) is 0 Å². The molecule has 0 amide bonds. The topological polar surface area (TPSA) is 54.2 Å². The minimum Gasteiger partial charge on any atom is -0.356 e. The summed E-state index contributed by atoms with van der Waals surface area (Å²) in [5.41, 5.74) is 0.475. The van der Waals surface area contributed by atoms with Gasteiger partial charge in [-0.2, -0.15) is 0 Å². The molecule has 0 aliphatic heterocycles. The number of hydrogen-bond donors (Lipinski definition) is 2. The average Bonchev–Trinajstić information content (AvgIpc) is 3.18. The highest BCUT2D eigenvalue weighted by Crippen LogP contribution is 2.42. The van der Waals surface area contributed by atoms with Gasteiger partial charge < -0.3 is 15.2 Å². The van der Waals surface area contributed by atoms with Gasteiger partial charge in [-0.3, -0.25) is 4.99 Å². The molecule has 2 rings (SSSR count). The van der Waals surface area contributed by atoms with Crippen molar-refractivity contribution in [1.82, 2.24) is 20.2 Å². The first-order valence-corrected chi connectivity index (χ1v) is 9.04. The number of aryl methyl sites for hydroxylation is 1. The van der Waals surface area contributed by atoms with Gasteiger partial charge in [-0.1, -0.05) is 26.7 Å². The van der Waals surface area contributed by atoms with Crippen LogP contribution in [0.25, 0.3) is 0 Å². The third kappa shape index (κ3) is 5.88. The van der Waals surface area contributed by atoms with Crippen LogP contribution < -0.4 is 10.6 Å². The Morgan fingerprint density at radius 3 is 2.70 bits per heavy atom. The Balaban J connectivity index is 1.71. The maximum atomic E-state index is 4.37. The van der Waals surface area contributed by atoms with Crippen LogP contribution in [-0.2, 0) is 6.54 Å². The molecule has 1 aliphatic rings. The van der Waals surface area contributed by atoms with Crippen LogP contribution >= 0.6 is 0 Å². The molecule has 0 atom stereocenters. The van der Waals surface area contributed by atoms with Gasteiger partial charge in [0.15, 0.2) is 5.96 Å². The highest BCUT2D eigenvalue weighted by atomic mass is 15.2. The highest BCUT2D eigenvalue weighted by molar-refractivity contribution is 5.79. The summed E-state index contributed by atoms with van der Waals surface area (Å²) in [5, 5.41) is 7.00. The van der Waals surface area contributed by atoms with Crippen molar-refractivity contribution in [3.05, 3.63) is 18.7 Å². The summed E-state index contributed by atoms with van der Waals surface area (Å²) in [6.45, 7) is 7.63. The number of hydrogen-bond acceptors (Lipinski definition) is 2. The first-order chi connectivity index (χ1) is 11.1. The molecule has 1 aromatic rings. The second kappa shape index (κ2) is 8.94. The van der Waals surface area contributed by atoms with E-state index < -0.39 is 0 Å². The van der Waals surface area contributed by atoms with Gasteiger partial charge >= 0.3 is 0 Å². The number of aliphatic imine (C=N–C) groups is 1. The summed E-state index contributed by atoms with van der Waals surface area (Å²) in [5.74, 6) is 1.70. The fourth-order valence-electron chi connectivity index (χ4n) is 3.82. The predicted octanol–water partition coefficient (Wildman–Crippen LogP) is 3.04. The SMILES string of the molecule is CN=C(NCCCn1ccnc1)NCC1(CC(C)C)CCCC1. The molecule has 5 nitrogen and oxygen atoms in total. The van der Waals surface area contributed by atoms with Gasteiger partial charge in [0, 0.05) is 39.1 Å². The standard InChI is InChI=1S/C18H33N5/c1-16(2)13-18(7-4-5-8-18)14-22-17(19-3)21-9-6-11-23-12-10-20-15-23/h10,12,15-16H,4-9,11,13-14H2,1-3H3,(H2,19,21,22). The van der Waals surface area contributed by atoms with E-state index in [2.05, 4.69) is 39.0 Å². The van der Waals surface area contributed by atoms with Gasteiger partial charge in [0.25, 0.3) is 0 Å². The number of aromatic nitrogens is 2. The molecule has 0 radical (unpaired) electrons. The lowest BCUT2D eigenvalue weighted by Crippen LogP contribution is -2.43. The van der Waals surface area contributed by atoms with Crippen LogP contribution in [0.1, 0.15) is 52.4 Å². The Labute approximate surface area is 141 Å². The lowest BCUT2D eigenvalue weighted by atomic mass is 9.78. The Bertz CT molecular complexity index is 458. The van der Waals surface area contributed by atoms with Gasteiger partial charge in [0.05, 0.1) is 6.33 Å². The average molecular weight is 319 g/mol. The quantitative estimate of drug-likeness (QED) is 0.440. The molecule has 0 bridgehead atoms. The zero-order valence-corrected chi connectivity index (χ0v) is 15.0. The van der Waals surface area contributed by atoms with E-state index in [1.165, 1.54) is 32.1 Å². The molecule has 1 heterocycles. The van der Waals surface area contributed by atoms with Crippen molar-refractivity contribution < 1.29 is 0 Å². The van der Waals surface area contributed by atoms with Crippen LogP contribution in [0, 0.1) is 11.3 Å². The number of imidazole rings is 1.